The van der Waals surface area contributed by atoms with E-state index in [0.717, 1.165) is 36.4 Å². The van der Waals surface area contributed by atoms with Crippen LogP contribution in [0.5, 0.6) is 11.5 Å². The van der Waals surface area contributed by atoms with Gasteiger partial charge >= 0.3 is 6.36 Å². The molecule has 1 aliphatic heterocycles. The molecule has 0 unspecified atom stereocenters. The number of nitrogens with one attached hydrogen (secondary N) is 1. The SMILES string of the molecule is CC(C)(Oc1ccc(F)c(F)c1)C(=O)NC1CCN(S(=O)(=O)c2ccc(OC(F)(F)F)cc2)CC1. The van der Waals surface area contributed by atoms with Gasteiger partial charge in [0, 0.05) is 25.2 Å². The van der Waals surface area contributed by atoms with E-state index in [4.69, 9.17) is 4.74 Å². The smallest absolute Gasteiger partial charge is 0.478 e. The Balaban J connectivity index is 1.56. The van der Waals surface area contributed by atoms with Crippen molar-refractivity contribution >= 4 is 15.9 Å². The zero-order valence-corrected chi connectivity index (χ0v) is 19.6. The second kappa shape index (κ2) is 9.97. The number of sulfonamides is 1. The minimum atomic E-state index is -4.89. The third-order valence-corrected chi connectivity index (χ3v) is 7.21. The molecule has 35 heavy (non-hydrogen) atoms. The van der Waals surface area contributed by atoms with Gasteiger partial charge in [0.15, 0.2) is 17.2 Å². The summed E-state index contributed by atoms with van der Waals surface area (Å²) in [4.78, 5) is 12.5. The highest BCUT2D eigenvalue weighted by Gasteiger charge is 2.35. The van der Waals surface area contributed by atoms with E-state index in [1.165, 1.54) is 24.2 Å². The molecule has 0 bridgehead atoms. The maximum atomic E-state index is 13.4. The van der Waals surface area contributed by atoms with E-state index in [0.29, 0.717) is 0 Å². The highest BCUT2D eigenvalue weighted by Crippen LogP contribution is 2.27. The molecule has 0 atom stereocenters. The molecular formula is C22H23F5N2O5S. The van der Waals surface area contributed by atoms with Crippen molar-refractivity contribution in [2.24, 2.45) is 0 Å². The average Bonchev–Trinajstić information content (AvgIpc) is 2.76. The molecule has 0 aromatic heterocycles. The molecule has 0 saturated carbocycles. The number of hydrogen-bond donors (Lipinski definition) is 1. The molecule has 192 valence electrons. The van der Waals surface area contributed by atoms with Gasteiger partial charge in [0.2, 0.25) is 10.0 Å². The Bertz CT molecular complexity index is 1160. The number of piperidine rings is 1. The van der Waals surface area contributed by atoms with Crippen LogP contribution in [-0.2, 0) is 14.8 Å². The van der Waals surface area contributed by atoms with Gasteiger partial charge in [0.05, 0.1) is 4.90 Å². The Morgan fingerprint density at radius 1 is 0.943 bits per heavy atom. The van der Waals surface area contributed by atoms with Crippen LogP contribution in [0.2, 0.25) is 0 Å². The number of nitrogens with zero attached hydrogens (tertiary/aromatic N) is 1. The predicted molar refractivity (Wildman–Crippen MR) is 114 cm³/mol. The van der Waals surface area contributed by atoms with Gasteiger partial charge in [-0.2, -0.15) is 4.31 Å². The molecule has 1 heterocycles. The van der Waals surface area contributed by atoms with Crippen LogP contribution in [0.25, 0.3) is 0 Å². The van der Waals surface area contributed by atoms with Gasteiger partial charge in [-0.15, -0.1) is 13.2 Å². The van der Waals surface area contributed by atoms with Crippen LogP contribution >= 0.6 is 0 Å². The molecule has 3 rings (SSSR count). The first kappa shape index (κ1) is 26.7. The van der Waals surface area contributed by atoms with Crippen molar-refractivity contribution in [3.8, 4) is 11.5 Å². The highest BCUT2D eigenvalue weighted by molar-refractivity contribution is 7.89. The van der Waals surface area contributed by atoms with Crippen molar-refractivity contribution in [3.63, 3.8) is 0 Å². The topological polar surface area (TPSA) is 84.9 Å². The van der Waals surface area contributed by atoms with Crippen LogP contribution in [0, 0.1) is 11.6 Å². The Morgan fingerprint density at radius 3 is 2.06 bits per heavy atom. The lowest BCUT2D eigenvalue weighted by atomic mass is 10.0. The predicted octanol–water partition coefficient (Wildman–Crippen LogP) is 3.99. The summed E-state index contributed by atoms with van der Waals surface area (Å²) in [5.74, 6) is -3.26. The van der Waals surface area contributed by atoms with Gasteiger partial charge < -0.3 is 14.8 Å². The number of amides is 1. The number of hydrogen-bond acceptors (Lipinski definition) is 5. The summed E-state index contributed by atoms with van der Waals surface area (Å²) in [5.41, 5.74) is -1.42. The maximum Gasteiger partial charge on any atom is 0.573 e. The Kier molecular flexibility index (Phi) is 7.60. The molecule has 13 heteroatoms. The average molecular weight is 522 g/mol. The molecule has 0 spiro atoms. The minimum absolute atomic E-state index is 0.0309. The van der Waals surface area contributed by atoms with Crippen LogP contribution in [0.3, 0.4) is 0 Å². The summed E-state index contributed by atoms with van der Waals surface area (Å²) in [6.07, 6.45) is -4.33. The number of alkyl halides is 3. The summed E-state index contributed by atoms with van der Waals surface area (Å²) >= 11 is 0. The van der Waals surface area contributed by atoms with Crippen LogP contribution in [0.15, 0.2) is 47.4 Å². The summed E-state index contributed by atoms with van der Waals surface area (Å²) < 4.78 is 99.5. The van der Waals surface area contributed by atoms with Crippen molar-refractivity contribution in [1.29, 1.82) is 0 Å². The first-order valence-corrected chi connectivity index (χ1v) is 11.9. The normalized spacial score (nSPS) is 16.1. The molecule has 1 N–H and O–H groups in total. The van der Waals surface area contributed by atoms with E-state index in [1.807, 2.05) is 0 Å². The summed E-state index contributed by atoms with van der Waals surface area (Å²) in [6.45, 7) is 3.04. The molecule has 2 aromatic carbocycles. The molecule has 7 nitrogen and oxygen atoms in total. The van der Waals surface area contributed by atoms with Gasteiger partial charge in [-0.05, 0) is 63.1 Å². The van der Waals surface area contributed by atoms with Crippen LogP contribution in [0.1, 0.15) is 26.7 Å². The van der Waals surface area contributed by atoms with Crippen LogP contribution < -0.4 is 14.8 Å². The van der Waals surface area contributed by atoms with Crippen LogP contribution in [0.4, 0.5) is 22.0 Å². The quantitative estimate of drug-likeness (QED) is 0.556. The lowest BCUT2D eigenvalue weighted by Gasteiger charge is -2.34. The summed E-state index contributed by atoms with van der Waals surface area (Å²) in [6, 6.07) is 6.43. The zero-order valence-electron chi connectivity index (χ0n) is 18.7. The molecule has 2 aromatic rings. The fourth-order valence-corrected chi connectivity index (χ4v) is 4.91. The third kappa shape index (κ3) is 6.82. The van der Waals surface area contributed by atoms with Gasteiger partial charge in [0.1, 0.15) is 11.5 Å². The third-order valence-electron chi connectivity index (χ3n) is 5.30. The zero-order chi connectivity index (χ0) is 26.0. The molecule has 0 radical (unpaired) electrons. The molecular weight excluding hydrogens is 499 g/mol. The molecule has 1 amide bonds. The van der Waals surface area contributed by atoms with E-state index in [9.17, 15) is 35.2 Å². The minimum Gasteiger partial charge on any atom is -0.478 e. The summed E-state index contributed by atoms with van der Waals surface area (Å²) in [5, 5.41) is 2.77. The van der Waals surface area contributed by atoms with Crippen molar-refractivity contribution in [2.75, 3.05) is 13.1 Å². The number of ether oxygens (including phenoxy) is 2. The molecule has 1 saturated heterocycles. The number of halogens is 5. The van der Waals surface area contributed by atoms with E-state index >= 15 is 0 Å². The lowest BCUT2D eigenvalue weighted by molar-refractivity contribution is -0.274. The van der Waals surface area contributed by atoms with E-state index in [-0.39, 0.29) is 42.6 Å². The molecule has 1 aliphatic rings. The lowest BCUT2D eigenvalue weighted by Crippen LogP contribution is -2.53. The number of benzene rings is 2. The monoisotopic (exact) mass is 522 g/mol. The van der Waals surface area contributed by atoms with Gasteiger partial charge in [-0.3, -0.25) is 4.79 Å². The van der Waals surface area contributed by atoms with Crippen LogP contribution in [-0.4, -0.2) is 49.7 Å². The number of carbonyl (C=O) groups excluding carboxylic acids is 1. The Hall–Kier alpha value is -2.93. The second-order valence-electron chi connectivity index (χ2n) is 8.36. The number of carbonyl (C=O) groups is 1. The van der Waals surface area contributed by atoms with Crippen molar-refractivity contribution in [2.45, 2.75) is 49.6 Å². The summed E-state index contributed by atoms with van der Waals surface area (Å²) in [7, 11) is -3.96. The maximum absolute atomic E-state index is 13.4. The van der Waals surface area contributed by atoms with Gasteiger partial charge in [0.25, 0.3) is 5.91 Å². The molecule has 0 aliphatic carbocycles. The number of rotatable bonds is 7. The fraction of sp³-hybridized carbons (Fsp3) is 0.409. The largest absolute Gasteiger partial charge is 0.573 e. The highest BCUT2D eigenvalue weighted by atomic mass is 32.2. The van der Waals surface area contributed by atoms with Gasteiger partial charge in [-0.1, -0.05) is 0 Å². The fourth-order valence-electron chi connectivity index (χ4n) is 3.44. The Morgan fingerprint density at radius 2 is 1.51 bits per heavy atom. The van der Waals surface area contributed by atoms with Crippen molar-refractivity contribution in [3.05, 3.63) is 54.1 Å². The van der Waals surface area contributed by atoms with Gasteiger partial charge in [-0.25, -0.2) is 17.2 Å². The Labute approximate surface area is 198 Å². The standard InChI is InChI=1S/C22H23F5N2O5S/c1-21(2,33-16-5-8-18(23)19(24)13-16)20(30)28-14-9-11-29(12-10-14)35(31,32)17-6-3-15(4-7-17)34-22(25,26)27/h3-8,13-14H,9-12H2,1-2H3,(H,28,30). The first-order valence-electron chi connectivity index (χ1n) is 10.5. The van der Waals surface area contributed by atoms with E-state index in [2.05, 4.69) is 10.1 Å². The molecule has 1 fully saturated rings. The van der Waals surface area contributed by atoms with Crippen molar-refractivity contribution in [1.82, 2.24) is 9.62 Å². The first-order chi connectivity index (χ1) is 16.2. The second-order valence-corrected chi connectivity index (χ2v) is 10.3. The van der Waals surface area contributed by atoms with E-state index in [1.54, 1.807) is 0 Å². The van der Waals surface area contributed by atoms with E-state index < -0.39 is 45.3 Å². The van der Waals surface area contributed by atoms with Crippen molar-refractivity contribution < 1.29 is 44.6 Å².